The summed E-state index contributed by atoms with van der Waals surface area (Å²) in [4.78, 5) is 0. The van der Waals surface area contributed by atoms with Gasteiger partial charge in [0.15, 0.2) is 0 Å². The molecule has 2 N–H and O–H groups in total. The summed E-state index contributed by atoms with van der Waals surface area (Å²) >= 11 is 0. The van der Waals surface area contributed by atoms with Crippen LogP contribution in [0.5, 0.6) is 0 Å². The van der Waals surface area contributed by atoms with Gasteiger partial charge in [0, 0.05) is 0 Å². The highest BCUT2D eigenvalue weighted by Gasteiger charge is 2.17. The number of aryl methyl sites for hydroxylation is 1. The van der Waals surface area contributed by atoms with Crippen LogP contribution in [-0.2, 0) is 0 Å². The largest absolute Gasteiger partial charge is 0.394 e. The molecule has 0 amide bonds. The van der Waals surface area contributed by atoms with E-state index in [1.54, 1.807) is 0 Å². The molecule has 0 unspecified atom stereocenters. The smallest absolute Gasteiger partial charge is 0.121 e. The quantitative estimate of drug-likeness (QED) is 0.875. The third kappa shape index (κ3) is 3.45. The fourth-order valence-electron chi connectivity index (χ4n) is 2.11. The molecule has 2 aromatic rings. The third-order valence-electron chi connectivity index (χ3n) is 3.29. The SMILES string of the molecule is Cc1ccc([C@@H](C#N)N[C@@H](CO)c2ccccc2)cc1. The van der Waals surface area contributed by atoms with Gasteiger partial charge in [0.05, 0.1) is 18.7 Å². The van der Waals surface area contributed by atoms with Crippen molar-refractivity contribution in [3.63, 3.8) is 0 Å². The summed E-state index contributed by atoms with van der Waals surface area (Å²) in [5, 5.41) is 22.1. The van der Waals surface area contributed by atoms with Gasteiger partial charge in [-0.2, -0.15) is 5.26 Å². The highest BCUT2D eigenvalue weighted by atomic mass is 16.3. The first-order chi connectivity index (χ1) is 9.74. The Hall–Kier alpha value is -2.15. The van der Waals surface area contributed by atoms with Gasteiger partial charge in [-0.1, -0.05) is 60.2 Å². The molecule has 3 heteroatoms. The lowest BCUT2D eigenvalue weighted by molar-refractivity contribution is 0.239. The van der Waals surface area contributed by atoms with E-state index in [0.29, 0.717) is 0 Å². The number of aliphatic hydroxyl groups is 1. The summed E-state index contributed by atoms with van der Waals surface area (Å²) in [6, 6.07) is 19.1. The van der Waals surface area contributed by atoms with Crippen LogP contribution in [0, 0.1) is 18.3 Å². The van der Waals surface area contributed by atoms with Crippen molar-refractivity contribution in [2.45, 2.75) is 19.0 Å². The van der Waals surface area contributed by atoms with Crippen LogP contribution >= 0.6 is 0 Å². The average molecular weight is 266 g/mol. The Balaban J connectivity index is 2.17. The van der Waals surface area contributed by atoms with Crippen LogP contribution in [-0.4, -0.2) is 11.7 Å². The average Bonchev–Trinajstić information content (AvgIpc) is 2.51. The number of benzene rings is 2. The molecule has 0 bridgehead atoms. The van der Waals surface area contributed by atoms with E-state index < -0.39 is 6.04 Å². The molecule has 0 saturated heterocycles. The van der Waals surface area contributed by atoms with Crippen LogP contribution in [0.1, 0.15) is 28.8 Å². The first kappa shape index (κ1) is 14.3. The summed E-state index contributed by atoms with van der Waals surface area (Å²) in [5.41, 5.74) is 3.04. The van der Waals surface area contributed by atoms with Crippen LogP contribution in [0.25, 0.3) is 0 Å². The van der Waals surface area contributed by atoms with E-state index in [2.05, 4.69) is 11.4 Å². The number of nitrogens with zero attached hydrogens (tertiary/aromatic N) is 1. The first-order valence-electron chi connectivity index (χ1n) is 6.62. The number of hydrogen-bond acceptors (Lipinski definition) is 3. The Labute approximate surface area is 119 Å². The predicted octanol–water partition coefficient (Wildman–Crippen LogP) is 2.88. The summed E-state index contributed by atoms with van der Waals surface area (Å²) < 4.78 is 0. The molecule has 0 heterocycles. The zero-order chi connectivity index (χ0) is 14.4. The Morgan fingerprint density at radius 3 is 2.25 bits per heavy atom. The van der Waals surface area contributed by atoms with Gasteiger partial charge in [-0.15, -0.1) is 0 Å². The minimum atomic E-state index is -0.437. The zero-order valence-electron chi connectivity index (χ0n) is 11.5. The fraction of sp³-hybridized carbons (Fsp3) is 0.235. The van der Waals surface area contributed by atoms with Crippen molar-refractivity contribution in [1.82, 2.24) is 5.32 Å². The Morgan fingerprint density at radius 1 is 1.05 bits per heavy atom. The molecule has 0 saturated carbocycles. The molecule has 0 spiro atoms. The minimum Gasteiger partial charge on any atom is -0.394 e. The topological polar surface area (TPSA) is 56.0 Å². The van der Waals surface area contributed by atoms with E-state index >= 15 is 0 Å². The second kappa shape index (κ2) is 6.85. The van der Waals surface area contributed by atoms with Gasteiger partial charge < -0.3 is 5.11 Å². The molecule has 20 heavy (non-hydrogen) atoms. The zero-order valence-corrected chi connectivity index (χ0v) is 11.5. The number of hydrogen-bond donors (Lipinski definition) is 2. The fourth-order valence-corrected chi connectivity index (χ4v) is 2.11. The summed E-state index contributed by atoms with van der Waals surface area (Å²) in [6.45, 7) is 1.97. The lowest BCUT2D eigenvalue weighted by Gasteiger charge is -2.20. The van der Waals surface area contributed by atoms with Crippen molar-refractivity contribution in [3.8, 4) is 6.07 Å². The summed E-state index contributed by atoms with van der Waals surface area (Å²) in [5.74, 6) is 0. The molecule has 3 nitrogen and oxygen atoms in total. The third-order valence-corrected chi connectivity index (χ3v) is 3.29. The van der Waals surface area contributed by atoms with Crippen molar-refractivity contribution >= 4 is 0 Å². The molecule has 0 aromatic heterocycles. The lowest BCUT2D eigenvalue weighted by atomic mass is 10.0. The molecule has 0 radical (unpaired) electrons. The van der Waals surface area contributed by atoms with Crippen molar-refractivity contribution in [1.29, 1.82) is 5.26 Å². The molecule has 102 valence electrons. The van der Waals surface area contributed by atoms with Crippen LogP contribution in [0.15, 0.2) is 54.6 Å². The van der Waals surface area contributed by atoms with Crippen molar-refractivity contribution in [2.75, 3.05) is 6.61 Å². The van der Waals surface area contributed by atoms with Crippen molar-refractivity contribution in [3.05, 3.63) is 71.3 Å². The maximum atomic E-state index is 9.54. The molecule has 2 rings (SSSR count). The normalized spacial score (nSPS) is 13.4. The van der Waals surface area contributed by atoms with E-state index in [4.69, 9.17) is 0 Å². The van der Waals surface area contributed by atoms with Crippen LogP contribution in [0.2, 0.25) is 0 Å². The van der Waals surface area contributed by atoms with E-state index in [9.17, 15) is 10.4 Å². The van der Waals surface area contributed by atoms with Gasteiger partial charge in [0.1, 0.15) is 6.04 Å². The van der Waals surface area contributed by atoms with E-state index in [1.165, 1.54) is 0 Å². The highest BCUT2D eigenvalue weighted by molar-refractivity contribution is 5.29. The monoisotopic (exact) mass is 266 g/mol. The molecular weight excluding hydrogens is 248 g/mol. The molecular formula is C17H18N2O. The van der Waals surface area contributed by atoms with Gasteiger partial charge in [-0.05, 0) is 18.1 Å². The summed E-state index contributed by atoms with van der Waals surface area (Å²) in [7, 11) is 0. The maximum absolute atomic E-state index is 9.54. The Morgan fingerprint density at radius 2 is 1.70 bits per heavy atom. The van der Waals surface area contributed by atoms with Gasteiger partial charge >= 0.3 is 0 Å². The summed E-state index contributed by atoms with van der Waals surface area (Å²) in [6.07, 6.45) is 0. The molecule has 0 fully saturated rings. The van der Waals surface area contributed by atoms with Crippen LogP contribution in [0.3, 0.4) is 0 Å². The van der Waals surface area contributed by atoms with Crippen molar-refractivity contribution < 1.29 is 5.11 Å². The van der Waals surface area contributed by atoms with Gasteiger partial charge in [-0.3, -0.25) is 5.32 Å². The minimum absolute atomic E-state index is 0.0476. The van der Waals surface area contributed by atoms with Gasteiger partial charge in [0.2, 0.25) is 0 Å². The predicted molar refractivity (Wildman–Crippen MR) is 78.9 cm³/mol. The molecule has 0 aliphatic carbocycles. The lowest BCUT2D eigenvalue weighted by Crippen LogP contribution is -2.28. The Bertz CT molecular complexity index is 572. The van der Waals surface area contributed by atoms with E-state index in [-0.39, 0.29) is 12.6 Å². The van der Waals surface area contributed by atoms with E-state index in [0.717, 1.165) is 16.7 Å². The second-order valence-corrected chi connectivity index (χ2v) is 4.79. The first-order valence-corrected chi connectivity index (χ1v) is 6.62. The number of aliphatic hydroxyl groups excluding tert-OH is 1. The second-order valence-electron chi connectivity index (χ2n) is 4.79. The van der Waals surface area contributed by atoms with Crippen LogP contribution < -0.4 is 5.32 Å². The standard InChI is InChI=1S/C17H18N2O/c1-13-7-9-15(10-8-13)16(11-18)19-17(12-20)14-5-3-2-4-6-14/h2-10,16-17,19-20H,12H2,1H3/t16-,17+/m1/s1. The number of nitrogens with one attached hydrogen (secondary N) is 1. The number of rotatable bonds is 5. The molecule has 0 aliphatic heterocycles. The Kier molecular flexibility index (Phi) is 4.89. The highest BCUT2D eigenvalue weighted by Crippen LogP contribution is 2.19. The van der Waals surface area contributed by atoms with E-state index in [1.807, 2.05) is 61.5 Å². The molecule has 2 aromatic carbocycles. The molecule has 2 atom stereocenters. The number of nitriles is 1. The van der Waals surface area contributed by atoms with Gasteiger partial charge in [0.25, 0.3) is 0 Å². The van der Waals surface area contributed by atoms with Gasteiger partial charge in [-0.25, -0.2) is 0 Å². The van der Waals surface area contributed by atoms with Crippen LogP contribution in [0.4, 0.5) is 0 Å². The van der Waals surface area contributed by atoms with Crippen molar-refractivity contribution in [2.24, 2.45) is 0 Å². The molecule has 0 aliphatic rings. The maximum Gasteiger partial charge on any atom is 0.121 e.